The van der Waals surface area contributed by atoms with Crippen molar-refractivity contribution in [2.75, 3.05) is 5.73 Å². The Morgan fingerprint density at radius 2 is 2.00 bits per heavy atom. The maximum absolute atomic E-state index is 13.5. The second-order valence-electron chi connectivity index (χ2n) is 3.23. The smallest absolute Gasteiger partial charge is 0.255 e. The highest BCUT2D eigenvalue weighted by Gasteiger charge is 2.09. The zero-order valence-electron chi connectivity index (χ0n) is 8.45. The van der Waals surface area contributed by atoms with Crippen LogP contribution in [0.5, 0.6) is 11.6 Å². The molecule has 0 aliphatic heterocycles. The van der Waals surface area contributed by atoms with Gasteiger partial charge in [0.05, 0.1) is 4.47 Å². The predicted molar refractivity (Wildman–Crippen MR) is 70.5 cm³/mol. The molecule has 0 aliphatic rings. The molecular formula is C11H7Br2FN2O. The minimum absolute atomic E-state index is 0.0977. The van der Waals surface area contributed by atoms with Crippen LogP contribution >= 0.6 is 31.9 Å². The Balaban J connectivity index is 2.34. The van der Waals surface area contributed by atoms with Crippen LogP contribution in [0.1, 0.15) is 0 Å². The number of hydrogen-bond donors (Lipinski definition) is 1. The van der Waals surface area contributed by atoms with Crippen LogP contribution in [-0.2, 0) is 0 Å². The van der Waals surface area contributed by atoms with Crippen LogP contribution in [0.4, 0.5) is 10.1 Å². The number of nitrogens with two attached hydrogens (primary N) is 1. The van der Waals surface area contributed by atoms with Crippen molar-refractivity contribution in [2.45, 2.75) is 0 Å². The highest BCUT2D eigenvalue weighted by molar-refractivity contribution is 9.10. The van der Waals surface area contributed by atoms with Crippen LogP contribution in [0.2, 0.25) is 0 Å². The molecule has 3 nitrogen and oxygen atoms in total. The molecule has 0 amide bonds. The SMILES string of the molecule is Nc1ccc(Br)c(Oc2ncc(Br)cc2F)c1. The predicted octanol–water partition coefficient (Wildman–Crippen LogP) is 4.12. The molecule has 2 aromatic rings. The zero-order chi connectivity index (χ0) is 12.4. The van der Waals surface area contributed by atoms with E-state index < -0.39 is 5.82 Å². The van der Waals surface area contributed by atoms with Crippen molar-refractivity contribution in [1.82, 2.24) is 4.98 Å². The first-order chi connectivity index (χ1) is 8.06. The quantitative estimate of drug-likeness (QED) is 0.818. The Labute approximate surface area is 114 Å². The van der Waals surface area contributed by atoms with E-state index in [1.807, 2.05) is 0 Å². The van der Waals surface area contributed by atoms with Crippen molar-refractivity contribution in [2.24, 2.45) is 0 Å². The van der Waals surface area contributed by atoms with Crippen LogP contribution in [0.25, 0.3) is 0 Å². The van der Waals surface area contributed by atoms with Gasteiger partial charge in [0.15, 0.2) is 5.82 Å². The van der Waals surface area contributed by atoms with Crippen molar-refractivity contribution in [1.29, 1.82) is 0 Å². The maximum atomic E-state index is 13.5. The molecule has 0 unspecified atom stereocenters. The van der Waals surface area contributed by atoms with Gasteiger partial charge in [-0.05, 0) is 50.1 Å². The number of nitrogen functional groups attached to an aromatic ring is 1. The van der Waals surface area contributed by atoms with Crippen molar-refractivity contribution in [3.05, 3.63) is 45.2 Å². The third-order valence-corrected chi connectivity index (χ3v) is 3.02. The van der Waals surface area contributed by atoms with Gasteiger partial charge in [-0.3, -0.25) is 0 Å². The number of aromatic nitrogens is 1. The Bertz CT molecular complexity index is 563. The lowest BCUT2D eigenvalue weighted by Crippen LogP contribution is -1.94. The van der Waals surface area contributed by atoms with Crippen molar-refractivity contribution in [3.8, 4) is 11.6 Å². The molecule has 17 heavy (non-hydrogen) atoms. The number of hydrogen-bond acceptors (Lipinski definition) is 3. The molecule has 2 N–H and O–H groups in total. The van der Waals surface area contributed by atoms with E-state index in [0.717, 1.165) is 0 Å². The molecule has 0 saturated heterocycles. The minimum atomic E-state index is -0.548. The van der Waals surface area contributed by atoms with Gasteiger partial charge >= 0.3 is 0 Å². The molecule has 0 fully saturated rings. The molecule has 0 atom stereocenters. The molecule has 0 saturated carbocycles. The first-order valence-electron chi connectivity index (χ1n) is 4.60. The first-order valence-corrected chi connectivity index (χ1v) is 6.19. The van der Waals surface area contributed by atoms with Crippen molar-refractivity contribution >= 4 is 37.5 Å². The maximum Gasteiger partial charge on any atom is 0.255 e. The van der Waals surface area contributed by atoms with Gasteiger partial charge in [0, 0.05) is 22.4 Å². The Hall–Kier alpha value is -1.14. The molecule has 6 heteroatoms. The number of rotatable bonds is 2. The highest BCUT2D eigenvalue weighted by atomic mass is 79.9. The lowest BCUT2D eigenvalue weighted by atomic mass is 10.3. The molecule has 1 aromatic heterocycles. The molecule has 88 valence electrons. The zero-order valence-corrected chi connectivity index (χ0v) is 11.6. The summed E-state index contributed by atoms with van der Waals surface area (Å²) in [6.45, 7) is 0. The molecular weight excluding hydrogens is 355 g/mol. The third-order valence-electron chi connectivity index (χ3n) is 1.94. The van der Waals surface area contributed by atoms with E-state index in [0.29, 0.717) is 20.4 Å². The van der Waals surface area contributed by atoms with Gasteiger partial charge in [0.25, 0.3) is 5.88 Å². The second kappa shape index (κ2) is 5.01. The van der Waals surface area contributed by atoms with Crippen molar-refractivity contribution in [3.63, 3.8) is 0 Å². The van der Waals surface area contributed by atoms with E-state index in [-0.39, 0.29) is 5.88 Å². The van der Waals surface area contributed by atoms with Crippen LogP contribution in [0.3, 0.4) is 0 Å². The largest absolute Gasteiger partial charge is 0.435 e. The highest BCUT2D eigenvalue weighted by Crippen LogP contribution is 2.32. The number of anilines is 1. The Morgan fingerprint density at radius 3 is 2.71 bits per heavy atom. The van der Waals surface area contributed by atoms with Crippen LogP contribution in [-0.4, -0.2) is 4.98 Å². The summed E-state index contributed by atoms with van der Waals surface area (Å²) in [5.41, 5.74) is 6.15. The number of ether oxygens (including phenoxy) is 1. The Kier molecular flexibility index (Phi) is 3.63. The van der Waals surface area contributed by atoms with Gasteiger partial charge in [-0.15, -0.1) is 0 Å². The number of pyridine rings is 1. The molecule has 0 spiro atoms. The molecule has 2 rings (SSSR count). The monoisotopic (exact) mass is 360 g/mol. The summed E-state index contributed by atoms with van der Waals surface area (Å²) in [4.78, 5) is 3.84. The van der Waals surface area contributed by atoms with Gasteiger partial charge < -0.3 is 10.5 Å². The first kappa shape index (κ1) is 12.3. The van der Waals surface area contributed by atoms with Gasteiger partial charge in [-0.2, -0.15) is 0 Å². The molecule has 0 aliphatic carbocycles. The Morgan fingerprint density at radius 1 is 1.24 bits per heavy atom. The fourth-order valence-electron chi connectivity index (χ4n) is 1.18. The molecule has 1 heterocycles. The summed E-state index contributed by atoms with van der Waals surface area (Å²) in [6, 6.07) is 6.31. The average molecular weight is 362 g/mol. The van der Waals surface area contributed by atoms with Crippen LogP contribution in [0.15, 0.2) is 39.4 Å². The van der Waals surface area contributed by atoms with E-state index in [9.17, 15) is 4.39 Å². The summed E-state index contributed by atoms with van der Waals surface area (Å²) in [5.74, 6) is -0.230. The minimum Gasteiger partial charge on any atom is -0.435 e. The van der Waals surface area contributed by atoms with E-state index in [1.54, 1.807) is 18.2 Å². The average Bonchev–Trinajstić information content (AvgIpc) is 2.27. The third kappa shape index (κ3) is 2.95. The number of nitrogens with zero attached hydrogens (tertiary/aromatic N) is 1. The second-order valence-corrected chi connectivity index (χ2v) is 5.00. The standard InChI is InChI=1S/C11H7Br2FN2O/c12-6-3-9(14)11(16-5-6)17-10-4-7(15)1-2-8(10)13/h1-5H,15H2. The van der Waals surface area contributed by atoms with Gasteiger partial charge in [-0.25, -0.2) is 9.37 Å². The van der Waals surface area contributed by atoms with Gasteiger partial charge in [0.1, 0.15) is 5.75 Å². The van der Waals surface area contributed by atoms with E-state index in [4.69, 9.17) is 10.5 Å². The van der Waals surface area contributed by atoms with Crippen LogP contribution in [0, 0.1) is 5.82 Å². The van der Waals surface area contributed by atoms with Crippen molar-refractivity contribution < 1.29 is 9.13 Å². The fourth-order valence-corrected chi connectivity index (χ4v) is 1.81. The summed E-state index contributed by atoms with van der Waals surface area (Å²) >= 11 is 6.41. The summed E-state index contributed by atoms with van der Waals surface area (Å²) in [7, 11) is 0. The fraction of sp³-hybridized carbons (Fsp3) is 0. The van der Waals surface area contributed by atoms with E-state index in [1.165, 1.54) is 12.3 Å². The molecule has 0 bridgehead atoms. The molecule has 0 radical (unpaired) electrons. The summed E-state index contributed by atoms with van der Waals surface area (Å²) in [6.07, 6.45) is 1.46. The summed E-state index contributed by atoms with van der Waals surface area (Å²) < 4.78 is 20.1. The number of halogens is 3. The van der Waals surface area contributed by atoms with Crippen LogP contribution < -0.4 is 10.5 Å². The normalized spacial score (nSPS) is 10.3. The summed E-state index contributed by atoms with van der Waals surface area (Å²) in [5, 5.41) is 0. The van der Waals surface area contributed by atoms with E-state index in [2.05, 4.69) is 36.8 Å². The lowest BCUT2D eigenvalue weighted by Gasteiger charge is -2.08. The molecule has 1 aromatic carbocycles. The number of benzene rings is 1. The topological polar surface area (TPSA) is 48.1 Å². The van der Waals surface area contributed by atoms with Gasteiger partial charge in [0.2, 0.25) is 0 Å². The van der Waals surface area contributed by atoms with E-state index >= 15 is 0 Å². The lowest BCUT2D eigenvalue weighted by molar-refractivity contribution is 0.420. The van der Waals surface area contributed by atoms with Gasteiger partial charge in [-0.1, -0.05) is 0 Å².